The number of aromatic nitrogens is 3. The van der Waals surface area contributed by atoms with E-state index < -0.39 is 0 Å². The van der Waals surface area contributed by atoms with E-state index in [-0.39, 0.29) is 5.91 Å². The summed E-state index contributed by atoms with van der Waals surface area (Å²) >= 11 is 0. The molecule has 1 unspecified atom stereocenters. The van der Waals surface area contributed by atoms with E-state index in [4.69, 9.17) is 0 Å². The maximum absolute atomic E-state index is 12.4. The number of piperidine rings is 1. The molecule has 1 aromatic heterocycles. The Morgan fingerprint density at radius 2 is 2.47 bits per heavy atom. The van der Waals surface area contributed by atoms with E-state index in [9.17, 15) is 4.79 Å². The van der Waals surface area contributed by atoms with Gasteiger partial charge in [0, 0.05) is 25.6 Å². The van der Waals surface area contributed by atoms with Crippen molar-refractivity contribution in [3.8, 4) is 0 Å². The zero-order valence-corrected chi connectivity index (χ0v) is 11.6. The van der Waals surface area contributed by atoms with Crippen molar-refractivity contribution in [2.45, 2.75) is 45.2 Å². The van der Waals surface area contributed by atoms with E-state index in [0.29, 0.717) is 19.0 Å². The molecule has 1 fully saturated rings. The first-order valence-electron chi connectivity index (χ1n) is 7.14. The summed E-state index contributed by atoms with van der Waals surface area (Å²) in [6.45, 7) is 5.58. The Morgan fingerprint density at radius 1 is 1.58 bits per heavy atom. The summed E-state index contributed by atoms with van der Waals surface area (Å²) in [5.74, 6) is 0.228. The molecule has 0 aliphatic carbocycles. The second kappa shape index (κ2) is 7.23. The van der Waals surface area contributed by atoms with Gasteiger partial charge in [-0.3, -0.25) is 9.48 Å². The third-order valence-electron chi connectivity index (χ3n) is 3.52. The van der Waals surface area contributed by atoms with E-state index in [1.54, 1.807) is 11.0 Å². The molecule has 1 saturated heterocycles. The predicted molar refractivity (Wildman–Crippen MR) is 72.5 cm³/mol. The summed E-state index contributed by atoms with van der Waals surface area (Å²) in [6.07, 6.45) is 6.92. The zero-order valence-electron chi connectivity index (χ0n) is 11.6. The Morgan fingerprint density at radius 3 is 3.11 bits per heavy atom. The van der Waals surface area contributed by atoms with Crippen LogP contribution in [0.1, 0.15) is 32.6 Å². The largest absolute Gasteiger partial charge is 0.338 e. The van der Waals surface area contributed by atoms with Gasteiger partial charge in [0.15, 0.2) is 0 Å². The molecular formula is C13H23N5O. The van der Waals surface area contributed by atoms with Gasteiger partial charge < -0.3 is 10.2 Å². The number of hydrogen-bond donors (Lipinski definition) is 1. The fraction of sp³-hybridized carbons (Fsp3) is 0.769. The number of hydrogen-bond acceptors (Lipinski definition) is 4. The van der Waals surface area contributed by atoms with Crippen molar-refractivity contribution < 1.29 is 4.79 Å². The van der Waals surface area contributed by atoms with Crippen molar-refractivity contribution >= 4 is 5.91 Å². The highest BCUT2D eigenvalue weighted by molar-refractivity contribution is 5.76. The standard InChI is InChI=1S/C13H23N5O/c1-2-7-18(12-4-3-6-14-9-12)13(19)5-8-17-11-15-10-16-17/h10-12,14H,2-9H2,1H3. The number of carbonyl (C=O) groups is 1. The highest BCUT2D eigenvalue weighted by atomic mass is 16.2. The normalized spacial score (nSPS) is 19.3. The predicted octanol–water partition coefficient (Wildman–Crippen LogP) is 0.659. The van der Waals surface area contributed by atoms with Gasteiger partial charge in [0.1, 0.15) is 12.7 Å². The van der Waals surface area contributed by atoms with Crippen LogP contribution in [0, 0.1) is 0 Å². The molecule has 1 aliphatic heterocycles. The summed E-state index contributed by atoms with van der Waals surface area (Å²) in [4.78, 5) is 18.3. The second-order valence-electron chi connectivity index (χ2n) is 5.00. The van der Waals surface area contributed by atoms with Crippen LogP contribution in [0.5, 0.6) is 0 Å². The molecule has 1 amide bonds. The van der Waals surface area contributed by atoms with Crippen LogP contribution in [-0.2, 0) is 11.3 Å². The van der Waals surface area contributed by atoms with Crippen LogP contribution in [0.15, 0.2) is 12.7 Å². The lowest BCUT2D eigenvalue weighted by molar-refractivity contribution is -0.134. The average molecular weight is 265 g/mol. The van der Waals surface area contributed by atoms with Crippen molar-refractivity contribution in [1.82, 2.24) is 25.0 Å². The molecular weight excluding hydrogens is 242 g/mol. The Hall–Kier alpha value is -1.43. The number of rotatable bonds is 6. The monoisotopic (exact) mass is 265 g/mol. The molecule has 0 aromatic carbocycles. The topological polar surface area (TPSA) is 63.1 Å². The highest BCUT2D eigenvalue weighted by Gasteiger charge is 2.24. The van der Waals surface area contributed by atoms with E-state index in [1.807, 2.05) is 4.90 Å². The highest BCUT2D eigenvalue weighted by Crippen LogP contribution is 2.12. The lowest BCUT2D eigenvalue weighted by Gasteiger charge is -2.34. The first-order valence-corrected chi connectivity index (χ1v) is 7.14. The molecule has 0 spiro atoms. The molecule has 106 valence electrons. The van der Waals surface area contributed by atoms with Gasteiger partial charge in [0.2, 0.25) is 5.91 Å². The van der Waals surface area contributed by atoms with Crippen molar-refractivity contribution in [3.63, 3.8) is 0 Å². The maximum Gasteiger partial charge on any atom is 0.224 e. The minimum atomic E-state index is 0.228. The quantitative estimate of drug-likeness (QED) is 0.820. The summed E-state index contributed by atoms with van der Waals surface area (Å²) in [5, 5.41) is 7.41. The van der Waals surface area contributed by atoms with E-state index in [1.165, 1.54) is 6.33 Å². The molecule has 6 nitrogen and oxygen atoms in total. The molecule has 0 bridgehead atoms. The molecule has 1 N–H and O–H groups in total. The fourth-order valence-electron chi connectivity index (χ4n) is 2.55. The Kier molecular flexibility index (Phi) is 5.32. The first-order chi connectivity index (χ1) is 9.31. The van der Waals surface area contributed by atoms with Gasteiger partial charge in [0.05, 0.1) is 6.54 Å². The van der Waals surface area contributed by atoms with Gasteiger partial charge in [-0.25, -0.2) is 4.98 Å². The molecule has 1 aromatic rings. The summed E-state index contributed by atoms with van der Waals surface area (Å²) in [6, 6.07) is 0.358. The Labute approximate surface area is 114 Å². The second-order valence-corrected chi connectivity index (χ2v) is 5.00. The van der Waals surface area contributed by atoms with Gasteiger partial charge in [0.25, 0.3) is 0 Å². The van der Waals surface area contributed by atoms with Crippen molar-refractivity contribution in [2.24, 2.45) is 0 Å². The van der Waals surface area contributed by atoms with Gasteiger partial charge >= 0.3 is 0 Å². The lowest BCUT2D eigenvalue weighted by atomic mass is 10.1. The molecule has 0 saturated carbocycles. The van der Waals surface area contributed by atoms with Gasteiger partial charge in [-0.1, -0.05) is 6.92 Å². The van der Waals surface area contributed by atoms with Crippen LogP contribution in [0.3, 0.4) is 0 Å². The third kappa shape index (κ3) is 4.02. The number of nitrogens with one attached hydrogen (secondary N) is 1. The fourth-order valence-corrected chi connectivity index (χ4v) is 2.55. The van der Waals surface area contributed by atoms with E-state index in [2.05, 4.69) is 22.3 Å². The minimum Gasteiger partial charge on any atom is -0.338 e. The number of nitrogens with zero attached hydrogens (tertiary/aromatic N) is 4. The molecule has 2 heterocycles. The Bertz CT molecular complexity index is 372. The van der Waals surface area contributed by atoms with Crippen molar-refractivity contribution in [3.05, 3.63) is 12.7 Å². The number of aryl methyl sites for hydroxylation is 1. The molecule has 6 heteroatoms. The van der Waals surface area contributed by atoms with E-state index in [0.717, 1.165) is 38.9 Å². The summed E-state index contributed by atoms with van der Waals surface area (Å²) in [7, 11) is 0. The van der Waals surface area contributed by atoms with Crippen molar-refractivity contribution in [2.75, 3.05) is 19.6 Å². The lowest BCUT2D eigenvalue weighted by Crippen LogP contribution is -2.49. The zero-order chi connectivity index (χ0) is 13.5. The van der Waals surface area contributed by atoms with Crippen LogP contribution in [0.2, 0.25) is 0 Å². The number of carbonyl (C=O) groups excluding carboxylic acids is 1. The smallest absolute Gasteiger partial charge is 0.224 e. The third-order valence-corrected chi connectivity index (χ3v) is 3.52. The first kappa shape index (κ1) is 14.0. The average Bonchev–Trinajstić information content (AvgIpc) is 2.96. The molecule has 1 aliphatic rings. The van der Waals surface area contributed by atoms with Crippen LogP contribution in [-0.4, -0.2) is 51.2 Å². The summed E-state index contributed by atoms with van der Waals surface area (Å²) in [5.41, 5.74) is 0. The van der Waals surface area contributed by atoms with Crippen molar-refractivity contribution in [1.29, 1.82) is 0 Å². The Balaban J connectivity index is 1.87. The molecule has 1 atom stereocenters. The number of amides is 1. The minimum absolute atomic E-state index is 0.228. The van der Waals surface area contributed by atoms with Gasteiger partial charge in [-0.2, -0.15) is 5.10 Å². The molecule has 19 heavy (non-hydrogen) atoms. The van der Waals surface area contributed by atoms with E-state index >= 15 is 0 Å². The van der Waals surface area contributed by atoms with Gasteiger partial charge in [-0.15, -0.1) is 0 Å². The van der Waals surface area contributed by atoms with Gasteiger partial charge in [-0.05, 0) is 25.8 Å². The van der Waals surface area contributed by atoms with Crippen LogP contribution >= 0.6 is 0 Å². The van der Waals surface area contributed by atoms with Crippen LogP contribution < -0.4 is 5.32 Å². The summed E-state index contributed by atoms with van der Waals surface area (Å²) < 4.78 is 1.71. The van der Waals surface area contributed by atoms with Crippen LogP contribution in [0.4, 0.5) is 0 Å². The molecule has 0 radical (unpaired) electrons. The van der Waals surface area contributed by atoms with Crippen LogP contribution in [0.25, 0.3) is 0 Å². The molecule has 2 rings (SSSR count). The SMILES string of the molecule is CCCN(C(=O)CCn1cncn1)C1CCCNC1. The maximum atomic E-state index is 12.4.